The standard InChI is InChI=1S/C20H16O2/c1-12-8-15(11-21)20(22)19-9-14-7-6-13-4-2-3-5-16(13)18(14)10-17(12)19/h2-7,9-12,21H,8H2,1H3/b15-11-. The van der Waals surface area contributed by atoms with E-state index in [1.807, 2.05) is 18.2 Å². The van der Waals surface area contributed by atoms with E-state index in [9.17, 15) is 9.90 Å². The average Bonchev–Trinajstić information content (AvgIpc) is 2.56. The van der Waals surface area contributed by atoms with Crippen LogP contribution in [0, 0.1) is 0 Å². The zero-order valence-electron chi connectivity index (χ0n) is 12.3. The van der Waals surface area contributed by atoms with Gasteiger partial charge in [0.05, 0.1) is 6.26 Å². The molecule has 0 saturated carbocycles. The van der Waals surface area contributed by atoms with Crippen molar-refractivity contribution in [3.63, 3.8) is 0 Å². The molecule has 0 fully saturated rings. The minimum atomic E-state index is -0.0503. The van der Waals surface area contributed by atoms with E-state index in [-0.39, 0.29) is 11.7 Å². The van der Waals surface area contributed by atoms with Crippen LogP contribution in [0.25, 0.3) is 21.5 Å². The topological polar surface area (TPSA) is 37.3 Å². The SMILES string of the molecule is CC1C/C(=C/O)C(=O)c2cc3ccc4ccccc4c3cc21. The Kier molecular flexibility index (Phi) is 2.80. The van der Waals surface area contributed by atoms with Crippen LogP contribution in [0.2, 0.25) is 0 Å². The predicted molar refractivity (Wildman–Crippen MR) is 89.5 cm³/mol. The number of Topliss-reactive ketones (excluding diaryl/α,β-unsaturated/α-hetero) is 1. The molecule has 4 rings (SSSR count). The Morgan fingerprint density at radius 3 is 2.64 bits per heavy atom. The van der Waals surface area contributed by atoms with Gasteiger partial charge in [-0.15, -0.1) is 0 Å². The van der Waals surface area contributed by atoms with Crippen LogP contribution in [0.5, 0.6) is 0 Å². The monoisotopic (exact) mass is 288 g/mol. The molecule has 22 heavy (non-hydrogen) atoms. The molecule has 1 aliphatic rings. The van der Waals surface area contributed by atoms with E-state index in [0.29, 0.717) is 12.0 Å². The van der Waals surface area contributed by atoms with E-state index in [2.05, 4.69) is 37.3 Å². The van der Waals surface area contributed by atoms with Gasteiger partial charge in [-0.1, -0.05) is 43.3 Å². The van der Waals surface area contributed by atoms with Gasteiger partial charge in [-0.05, 0) is 51.6 Å². The number of benzene rings is 3. The maximum atomic E-state index is 12.5. The number of hydrogen-bond acceptors (Lipinski definition) is 2. The summed E-state index contributed by atoms with van der Waals surface area (Å²) in [6.07, 6.45) is 1.56. The minimum absolute atomic E-state index is 0.0503. The largest absolute Gasteiger partial charge is 0.515 e. The summed E-state index contributed by atoms with van der Waals surface area (Å²) in [6, 6.07) is 16.6. The van der Waals surface area contributed by atoms with Gasteiger partial charge >= 0.3 is 0 Å². The van der Waals surface area contributed by atoms with Crippen LogP contribution in [0.4, 0.5) is 0 Å². The van der Waals surface area contributed by atoms with Gasteiger partial charge in [0.2, 0.25) is 0 Å². The molecule has 0 heterocycles. The second-order valence-corrected chi connectivity index (χ2v) is 6.04. The maximum absolute atomic E-state index is 12.5. The summed E-state index contributed by atoms with van der Waals surface area (Å²) in [7, 11) is 0. The van der Waals surface area contributed by atoms with Gasteiger partial charge in [-0.25, -0.2) is 0 Å². The molecular formula is C20H16O2. The number of allylic oxidation sites excluding steroid dienone is 1. The van der Waals surface area contributed by atoms with E-state index in [4.69, 9.17) is 0 Å². The summed E-state index contributed by atoms with van der Waals surface area (Å²) < 4.78 is 0. The molecule has 0 spiro atoms. The Labute approximate surface area is 128 Å². The van der Waals surface area contributed by atoms with E-state index in [0.717, 1.165) is 22.8 Å². The lowest BCUT2D eigenvalue weighted by Gasteiger charge is -2.24. The Morgan fingerprint density at radius 2 is 1.82 bits per heavy atom. The summed E-state index contributed by atoms with van der Waals surface area (Å²) in [5.41, 5.74) is 2.31. The molecule has 1 unspecified atom stereocenters. The quantitative estimate of drug-likeness (QED) is 0.354. The molecule has 0 amide bonds. The molecular weight excluding hydrogens is 272 g/mol. The number of aliphatic hydroxyl groups excluding tert-OH is 1. The first-order valence-electron chi connectivity index (χ1n) is 7.52. The highest BCUT2D eigenvalue weighted by molar-refractivity contribution is 6.15. The molecule has 0 saturated heterocycles. The van der Waals surface area contributed by atoms with Crippen LogP contribution in [-0.2, 0) is 0 Å². The summed E-state index contributed by atoms with van der Waals surface area (Å²) in [5, 5.41) is 14.0. The van der Waals surface area contributed by atoms with Crippen molar-refractivity contribution in [2.45, 2.75) is 19.3 Å². The second-order valence-electron chi connectivity index (χ2n) is 6.04. The molecule has 3 aromatic rings. The first-order valence-corrected chi connectivity index (χ1v) is 7.52. The number of fused-ring (bicyclic) bond motifs is 4. The zero-order chi connectivity index (χ0) is 15.3. The molecule has 0 bridgehead atoms. The fourth-order valence-corrected chi connectivity index (χ4v) is 3.49. The second kappa shape index (κ2) is 4.70. The van der Waals surface area contributed by atoms with Crippen molar-refractivity contribution in [2.24, 2.45) is 0 Å². The lowest BCUT2D eigenvalue weighted by atomic mass is 9.79. The van der Waals surface area contributed by atoms with Crippen molar-refractivity contribution in [3.05, 3.63) is 71.5 Å². The molecule has 1 aliphatic carbocycles. The van der Waals surface area contributed by atoms with Crippen LogP contribution in [0.1, 0.15) is 35.2 Å². The van der Waals surface area contributed by atoms with Gasteiger partial charge in [0.15, 0.2) is 5.78 Å². The maximum Gasteiger partial charge on any atom is 0.192 e. The number of rotatable bonds is 0. The number of hydrogen-bond donors (Lipinski definition) is 1. The molecule has 1 atom stereocenters. The van der Waals surface area contributed by atoms with Crippen LogP contribution >= 0.6 is 0 Å². The Morgan fingerprint density at radius 1 is 1.05 bits per heavy atom. The molecule has 0 aliphatic heterocycles. The average molecular weight is 288 g/mol. The van der Waals surface area contributed by atoms with Gasteiger partial charge in [0.25, 0.3) is 0 Å². The summed E-state index contributed by atoms with van der Waals surface area (Å²) in [5.74, 6) is 0.181. The third-order valence-electron chi connectivity index (χ3n) is 4.66. The van der Waals surface area contributed by atoms with Crippen LogP contribution in [0.3, 0.4) is 0 Å². The van der Waals surface area contributed by atoms with E-state index in [1.54, 1.807) is 0 Å². The van der Waals surface area contributed by atoms with Crippen LogP contribution in [0.15, 0.2) is 60.4 Å². The van der Waals surface area contributed by atoms with Crippen LogP contribution in [-0.4, -0.2) is 10.9 Å². The Bertz CT molecular complexity index is 950. The lowest BCUT2D eigenvalue weighted by Crippen LogP contribution is -2.17. The van der Waals surface area contributed by atoms with Gasteiger partial charge in [0.1, 0.15) is 0 Å². The molecule has 1 N–H and O–H groups in total. The van der Waals surface area contributed by atoms with Crippen molar-refractivity contribution in [1.29, 1.82) is 0 Å². The minimum Gasteiger partial charge on any atom is -0.515 e. The number of ketones is 1. The van der Waals surface area contributed by atoms with Crippen molar-refractivity contribution < 1.29 is 9.90 Å². The van der Waals surface area contributed by atoms with Gasteiger partial charge in [0, 0.05) is 11.1 Å². The van der Waals surface area contributed by atoms with Gasteiger partial charge < -0.3 is 5.11 Å². The number of aliphatic hydroxyl groups is 1. The fraction of sp³-hybridized carbons (Fsp3) is 0.150. The molecule has 2 heteroatoms. The molecule has 2 nitrogen and oxygen atoms in total. The highest BCUT2D eigenvalue weighted by Gasteiger charge is 2.27. The first kappa shape index (κ1) is 13.1. The third kappa shape index (κ3) is 1.77. The van der Waals surface area contributed by atoms with Crippen molar-refractivity contribution in [3.8, 4) is 0 Å². The van der Waals surface area contributed by atoms with E-state index >= 15 is 0 Å². The summed E-state index contributed by atoms with van der Waals surface area (Å²) in [6.45, 7) is 2.10. The molecule has 0 radical (unpaired) electrons. The van der Waals surface area contributed by atoms with E-state index in [1.165, 1.54) is 16.2 Å². The first-order chi connectivity index (χ1) is 10.7. The Hall–Kier alpha value is -2.61. The zero-order valence-corrected chi connectivity index (χ0v) is 12.3. The predicted octanol–water partition coefficient (Wildman–Crippen LogP) is 5.12. The van der Waals surface area contributed by atoms with Crippen LogP contribution < -0.4 is 0 Å². The van der Waals surface area contributed by atoms with E-state index < -0.39 is 0 Å². The fourth-order valence-electron chi connectivity index (χ4n) is 3.49. The molecule has 3 aromatic carbocycles. The van der Waals surface area contributed by atoms with Gasteiger partial charge in [-0.2, -0.15) is 0 Å². The third-order valence-corrected chi connectivity index (χ3v) is 4.66. The highest BCUT2D eigenvalue weighted by atomic mass is 16.2. The molecule has 108 valence electrons. The number of carbonyl (C=O) groups is 1. The summed E-state index contributed by atoms with van der Waals surface area (Å²) >= 11 is 0. The summed E-state index contributed by atoms with van der Waals surface area (Å²) in [4.78, 5) is 12.5. The Balaban J connectivity index is 2.08. The van der Waals surface area contributed by atoms with Crippen molar-refractivity contribution in [2.75, 3.05) is 0 Å². The number of carbonyl (C=O) groups excluding carboxylic acids is 1. The normalized spacial score (nSPS) is 19.8. The van der Waals surface area contributed by atoms with Crippen molar-refractivity contribution >= 4 is 27.3 Å². The lowest BCUT2D eigenvalue weighted by molar-refractivity contribution is 0.102. The van der Waals surface area contributed by atoms with Gasteiger partial charge in [-0.3, -0.25) is 4.79 Å². The highest BCUT2D eigenvalue weighted by Crippen LogP contribution is 2.38. The smallest absolute Gasteiger partial charge is 0.192 e. The molecule has 0 aromatic heterocycles. The van der Waals surface area contributed by atoms with Crippen molar-refractivity contribution in [1.82, 2.24) is 0 Å².